The summed E-state index contributed by atoms with van der Waals surface area (Å²) in [5.41, 5.74) is 5.67. The molecule has 0 heterocycles. The summed E-state index contributed by atoms with van der Waals surface area (Å²) in [5.74, 6) is 0.487. The summed E-state index contributed by atoms with van der Waals surface area (Å²) in [7, 11) is -1.12. The lowest BCUT2D eigenvalue weighted by Crippen LogP contribution is -2.36. The fraction of sp³-hybridized carbons (Fsp3) is 0.900. The fourth-order valence-corrected chi connectivity index (χ4v) is 2.51. The summed E-state index contributed by atoms with van der Waals surface area (Å²) in [6.07, 6.45) is 0.797. The van der Waals surface area contributed by atoms with Crippen LogP contribution >= 0.6 is 0 Å². The Morgan fingerprint density at radius 3 is 2.27 bits per heavy atom. The van der Waals surface area contributed by atoms with Crippen molar-refractivity contribution in [3.8, 4) is 0 Å². The van der Waals surface area contributed by atoms with E-state index in [0.29, 0.717) is 18.8 Å². The molecule has 0 bridgehead atoms. The summed E-state index contributed by atoms with van der Waals surface area (Å²) >= 11 is 0. The van der Waals surface area contributed by atoms with Crippen LogP contribution in [0.5, 0.6) is 0 Å². The Kier molecular flexibility index (Phi) is 7.60. The van der Waals surface area contributed by atoms with Crippen LogP contribution in [0.2, 0.25) is 0 Å². The van der Waals surface area contributed by atoms with Gasteiger partial charge in [0.2, 0.25) is 5.91 Å². The molecular formula is C10H22N2O2S. The molecule has 0 aliphatic heterocycles. The van der Waals surface area contributed by atoms with Gasteiger partial charge in [0.05, 0.1) is 0 Å². The molecule has 0 aromatic rings. The van der Waals surface area contributed by atoms with Gasteiger partial charge in [-0.2, -0.15) is 0 Å². The van der Waals surface area contributed by atoms with Gasteiger partial charge in [-0.25, -0.2) is 0 Å². The number of nitrogens with two attached hydrogens (primary N) is 1. The van der Waals surface area contributed by atoms with Gasteiger partial charge in [-0.05, 0) is 20.3 Å². The maximum absolute atomic E-state index is 11.6. The summed E-state index contributed by atoms with van der Waals surface area (Å²) in [6, 6.07) is -0.0599. The Labute approximate surface area is 94.7 Å². The molecule has 2 unspecified atom stereocenters. The molecule has 0 aromatic heterocycles. The third-order valence-electron chi connectivity index (χ3n) is 2.32. The predicted octanol–water partition coefficient (Wildman–Crippen LogP) is 0.341. The molecule has 0 rings (SSSR count). The fourth-order valence-electron chi connectivity index (χ4n) is 1.22. The molecule has 0 aliphatic carbocycles. The van der Waals surface area contributed by atoms with Crippen molar-refractivity contribution in [2.24, 2.45) is 5.73 Å². The smallest absolute Gasteiger partial charge is 0.235 e. The summed E-state index contributed by atoms with van der Waals surface area (Å²) in [5, 5.41) is 0. The lowest BCUT2D eigenvalue weighted by atomic mass is 10.3. The third kappa shape index (κ3) is 5.89. The third-order valence-corrected chi connectivity index (χ3v) is 3.69. The maximum atomic E-state index is 11.6. The van der Waals surface area contributed by atoms with Gasteiger partial charge in [-0.3, -0.25) is 9.00 Å². The number of hydrogen-bond acceptors (Lipinski definition) is 3. The van der Waals surface area contributed by atoms with E-state index in [4.69, 9.17) is 5.73 Å². The van der Waals surface area contributed by atoms with Crippen LogP contribution in [-0.4, -0.2) is 45.7 Å². The monoisotopic (exact) mass is 234 g/mol. The number of nitrogens with zero attached hydrogens (tertiary/aromatic N) is 1. The first-order valence-electron chi connectivity index (χ1n) is 5.43. The molecule has 0 fully saturated rings. The van der Waals surface area contributed by atoms with Crippen LogP contribution in [0.3, 0.4) is 0 Å². The number of hydrogen-bond donors (Lipinski definition) is 1. The highest BCUT2D eigenvalue weighted by atomic mass is 32.2. The van der Waals surface area contributed by atoms with E-state index in [9.17, 15) is 9.00 Å². The van der Waals surface area contributed by atoms with Crippen molar-refractivity contribution in [1.29, 1.82) is 0 Å². The summed E-state index contributed by atoms with van der Waals surface area (Å²) < 4.78 is 11.5. The molecule has 2 N–H and O–H groups in total. The molecule has 1 amide bonds. The van der Waals surface area contributed by atoms with Crippen LogP contribution in [-0.2, 0) is 15.6 Å². The predicted molar refractivity (Wildman–Crippen MR) is 64.1 cm³/mol. The van der Waals surface area contributed by atoms with E-state index in [2.05, 4.69) is 0 Å². The normalized spacial score (nSPS) is 14.7. The molecule has 0 radical (unpaired) electrons. The van der Waals surface area contributed by atoms with Gasteiger partial charge >= 0.3 is 0 Å². The van der Waals surface area contributed by atoms with Gasteiger partial charge in [0.15, 0.2) is 0 Å². The van der Waals surface area contributed by atoms with Crippen LogP contribution < -0.4 is 5.73 Å². The molecule has 15 heavy (non-hydrogen) atoms. The quantitative estimate of drug-likeness (QED) is 0.691. The van der Waals surface area contributed by atoms with Crippen LogP contribution in [0, 0.1) is 0 Å². The minimum atomic E-state index is -1.12. The van der Waals surface area contributed by atoms with Crippen molar-refractivity contribution in [3.05, 3.63) is 0 Å². The van der Waals surface area contributed by atoms with Crippen molar-refractivity contribution in [2.75, 3.05) is 24.6 Å². The second-order valence-corrected chi connectivity index (χ2v) is 4.99. The number of carbonyl (C=O) groups is 1. The van der Waals surface area contributed by atoms with Gasteiger partial charge < -0.3 is 10.6 Å². The van der Waals surface area contributed by atoms with E-state index in [1.165, 1.54) is 0 Å². The molecule has 2 atom stereocenters. The number of carbonyl (C=O) groups excluding carboxylic acids is 1. The second-order valence-electron chi connectivity index (χ2n) is 3.49. The van der Waals surface area contributed by atoms with E-state index < -0.39 is 10.8 Å². The molecule has 0 spiro atoms. The van der Waals surface area contributed by atoms with Crippen LogP contribution in [0.15, 0.2) is 0 Å². The minimum Gasteiger partial charge on any atom is -0.342 e. The van der Waals surface area contributed by atoms with Crippen molar-refractivity contribution in [3.63, 3.8) is 0 Å². The topological polar surface area (TPSA) is 63.4 Å². The molecule has 0 saturated heterocycles. The highest BCUT2D eigenvalue weighted by Crippen LogP contribution is 1.96. The standard InChI is InChI=1S/C10H22N2O2S/c1-4-9(11)7-15(14)8-10(13)12(5-2)6-3/h9H,4-8,11H2,1-3H3. The SMILES string of the molecule is CCC(N)CS(=O)CC(=O)N(CC)CC. The zero-order valence-electron chi connectivity index (χ0n) is 9.86. The van der Waals surface area contributed by atoms with Gasteiger partial charge in [0.25, 0.3) is 0 Å². The Bertz CT molecular complexity index is 217. The van der Waals surface area contributed by atoms with Gasteiger partial charge in [0.1, 0.15) is 5.75 Å². The van der Waals surface area contributed by atoms with E-state index >= 15 is 0 Å². The molecule has 0 aromatic carbocycles. The minimum absolute atomic E-state index is 0.0402. The first-order chi connectivity index (χ1) is 7.04. The molecule has 5 heteroatoms. The van der Waals surface area contributed by atoms with Gasteiger partial charge in [-0.1, -0.05) is 6.92 Å². The van der Waals surface area contributed by atoms with Gasteiger partial charge in [-0.15, -0.1) is 0 Å². The van der Waals surface area contributed by atoms with Crippen molar-refractivity contribution in [1.82, 2.24) is 4.90 Å². The van der Waals surface area contributed by atoms with E-state index in [1.807, 2.05) is 20.8 Å². The highest BCUT2D eigenvalue weighted by molar-refractivity contribution is 7.85. The Morgan fingerprint density at radius 2 is 1.87 bits per heavy atom. The molecular weight excluding hydrogens is 212 g/mol. The zero-order valence-corrected chi connectivity index (χ0v) is 10.7. The molecule has 4 nitrogen and oxygen atoms in total. The van der Waals surface area contributed by atoms with Crippen molar-refractivity contribution >= 4 is 16.7 Å². The van der Waals surface area contributed by atoms with Crippen LogP contribution in [0.1, 0.15) is 27.2 Å². The summed E-state index contributed by atoms with van der Waals surface area (Å²) in [6.45, 7) is 7.14. The Hall–Kier alpha value is -0.420. The van der Waals surface area contributed by atoms with Crippen molar-refractivity contribution in [2.45, 2.75) is 33.2 Å². The molecule has 90 valence electrons. The Morgan fingerprint density at radius 1 is 1.33 bits per heavy atom. The average Bonchev–Trinajstić information content (AvgIpc) is 2.19. The van der Waals surface area contributed by atoms with Crippen molar-refractivity contribution < 1.29 is 9.00 Å². The lowest BCUT2D eigenvalue weighted by Gasteiger charge is -2.18. The average molecular weight is 234 g/mol. The largest absolute Gasteiger partial charge is 0.342 e. The first-order valence-corrected chi connectivity index (χ1v) is 6.92. The maximum Gasteiger partial charge on any atom is 0.235 e. The zero-order chi connectivity index (χ0) is 11.8. The van der Waals surface area contributed by atoms with E-state index in [1.54, 1.807) is 4.90 Å². The first kappa shape index (κ1) is 14.6. The number of amides is 1. The van der Waals surface area contributed by atoms with Crippen LogP contribution in [0.4, 0.5) is 0 Å². The van der Waals surface area contributed by atoms with E-state index in [0.717, 1.165) is 6.42 Å². The Balaban J connectivity index is 4.00. The second kappa shape index (κ2) is 7.82. The van der Waals surface area contributed by atoms with Crippen LogP contribution in [0.25, 0.3) is 0 Å². The summed E-state index contributed by atoms with van der Waals surface area (Å²) in [4.78, 5) is 13.3. The molecule has 0 saturated carbocycles. The number of rotatable bonds is 7. The molecule has 0 aliphatic rings. The van der Waals surface area contributed by atoms with Gasteiger partial charge in [0, 0.05) is 35.7 Å². The highest BCUT2D eigenvalue weighted by Gasteiger charge is 2.14. The van der Waals surface area contributed by atoms with E-state index in [-0.39, 0.29) is 17.7 Å². The lowest BCUT2D eigenvalue weighted by molar-refractivity contribution is -0.128.